The van der Waals surface area contributed by atoms with E-state index in [0.29, 0.717) is 19.3 Å². The standard InChI is InChI=1S/C47H88O6/c1-4-7-10-13-16-19-22-23-24-25-26-29-32-35-38-41-47(50)53-44(42-51-45(48)39-36-33-30-27-20-17-14-11-8-5-2)43-52-46(49)40-37-34-31-28-21-18-15-12-9-6-3/h23-24,44H,4-22,25-43H2,1-3H3/b24-23-. The molecule has 0 aliphatic heterocycles. The summed E-state index contributed by atoms with van der Waals surface area (Å²) in [6.45, 7) is 6.61. The second-order valence-electron chi connectivity index (χ2n) is 15.7. The number of ether oxygens (including phenoxy) is 3. The Labute approximate surface area is 329 Å². The molecule has 0 aliphatic rings. The minimum Gasteiger partial charge on any atom is -0.462 e. The van der Waals surface area contributed by atoms with Gasteiger partial charge in [0.1, 0.15) is 13.2 Å². The van der Waals surface area contributed by atoms with E-state index in [-0.39, 0.29) is 31.1 Å². The van der Waals surface area contributed by atoms with E-state index < -0.39 is 6.10 Å². The van der Waals surface area contributed by atoms with Crippen molar-refractivity contribution in [1.82, 2.24) is 0 Å². The highest BCUT2D eigenvalue weighted by Gasteiger charge is 2.19. The van der Waals surface area contributed by atoms with E-state index >= 15 is 0 Å². The Bertz CT molecular complexity index is 784. The zero-order valence-electron chi connectivity index (χ0n) is 35.6. The van der Waals surface area contributed by atoms with Gasteiger partial charge in [0.25, 0.3) is 0 Å². The van der Waals surface area contributed by atoms with Crippen molar-refractivity contribution in [2.24, 2.45) is 0 Å². The van der Waals surface area contributed by atoms with Crippen molar-refractivity contribution >= 4 is 17.9 Å². The number of allylic oxidation sites excluding steroid dienone is 2. The minimum absolute atomic E-state index is 0.0692. The Morgan fingerprint density at radius 2 is 0.623 bits per heavy atom. The number of carbonyl (C=O) groups is 3. The fourth-order valence-electron chi connectivity index (χ4n) is 6.73. The second kappa shape index (κ2) is 42.9. The molecule has 0 aliphatic carbocycles. The Morgan fingerprint density at radius 1 is 0.358 bits per heavy atom. The maximum Gasteiger partial charge on any atom is 0.306 e. The predicted octanol–water partition coefficient (Wildman–Crippen LogP) is 14.6. The summed E-state index contributed by atoms with van der Waals surface area (Å²) in [7, 11) is 0. The van der Waals surface area contributed by atoms with E-state index in [2.05, 4.69) is 32.9 Å². The van der Waals surface area contributed by atoms with Crippen LogP contribution in [-0.4, -0.2) is 37.2 Å². The summed E-state index contributed by atoms with van der Waals surface area (Å²) in [5.41, 5.74) is 0. The minimum atomic E-state index is -0.765. The second-order valence-corrected chi connectivity index (χ2v) is 15.7. The number of unbranched alkanes of at least 4 members (excludes halogenated alkanes) is 29. The van der Waals surface area contributed by atoms with E-state index in [4.69, 9.17) is 14.2 Å². The molecule has 0 aromatic rings. The van der Waals surface area contributed by atoms with Crippen LogP contribution in [0.2, 0.25) is 0 Å². The summed E-state index contributed by atoms with van der Waals surface area (Å²) in [6.07, 6.45) is 44.7. The van der Waals surface area contributed by atoms with Crippen molar-refractivity contribution in [3.8, 4) is 0 Å². The number of hydrogen-bond acceptors (Lipinski definition) is 6. The maximum absolute atomic E-state index is 12.7. The van der Waals surface area contributed by atoms with Crippen molar-refractivity contribution in [1.29, 1.82) is 0 Å². The number of hydrogen-bond donors (Lipinski definition) is 0. The monoisotopic (exact) mass is 749 g/mol. The molecule has 0 radical (unpaired) electrons. The lowest BCUT2D eigenvalue weighted by molar-refractivity contribution is -0.167. The molecule has 0 spiro atoms. The third kappa shape index (κ3) is 41.2. The molecule has 0 atom stereocenters. The quantitative estimate of drug-likeness (QED) is 0.0268. The van der Waals surface area contributed by atoms with E-state index in [1.807, 2.05) is 0 Å². The van der Waals surface area contributed by atoms with E-state index in [9.17, 15) is 14.4 Å². The molecule has 0 saturated carbocycles. The van der Waals surface area contributed by atoms with Crippen LogP contribution in [0.15, 0.2) is 12.2 Å². The molecule has 6 nitrogen and oxygen atoms in total. The highest BCUT2D eigenvalue weighted by molar-refractivity contribution is 5.71. The summed E-state index contributed by atoms with van der Waals surface area (Å²) < 4.78 is 16.7. The number of rotatable bonds is 42. The summed E-state index contributed by atoms with van der Waals surface area (Å²) >= 11 is 0. The van der Waals surface area contributed by atoms with Gasteiger partial charge in [-0.1, -0.05) is 200 Å². The lowest BCUT2D eigenvalue weighted by Gasteiger charge is -2.18. The van der Waals surface area contributed by atoms with Gasteiger partial charge in [0, 0.05) is 19.3 Å². The first-order valence-corrected chi connectivity index (χ1v) is 23.2. The van der Waals surface area contributed by atoms with Gasteiger partial charge in [-0.15, -0.1) is 0 Å². The molecule has 312 valence electrons. The fourth-order valence-corrected chi connectivity index (χ4v) is 6.73. The smallest absolute Gasteiger partial charge is 0.306 e. The van der Waals surface area contributed by atoms with Gasteiger partial charge in [0.2, 0.25) is 0 Å². The SMILES string of the molecule is CCCCCCCC/C=C\CCCCCCCC(=O)OC(COC(=O)CCCCCCCCCCCC)COC(=O)CCCCCCCCCCCC. The van der Waals surface area contributed by atoms with Gasteiger partial charge in [-0.2, -0.15) is 0 Å². The third-order valence-corrected chi connectivity index (χ3v) is 10.3. The molecule has 53 heavy (non-hydrogen) atoms. The van der Waals surface area contributed by atoms with E-state index in [1.54, 1.807) is 0 Å². The van der Waals surface area contributed by atoms with Crippen LogP contribution in [-0.2, 0) is 28.6 Å². The van der Waals surface area contributed by atoms with Crippen LogP contribution >= 0.6 is 0 Å². The predicted molar refractivity (Wildman–Crippen MR) is 224 cm³/mol. The van der Waals surface area contributed by atoms with Gasteiger partial charge in [-0.3, -0.25) is 14.4 Å². The van der Waals surface area contributed by atoms with Gasteiger partial charge in [-0.25, -0.2) is 0 Å². The maximum atomic E-state index is 12.7. The normalized spacial score (nSPS) is 11.5. The van der Waals surface area contributed by atoms with Crippen LogP contribution in [0.3, 0.4) is 0 Å². The molecule has 0 rings (SSSR count). The summed E-state index contributed by atoms with van der Waals surface area (Å²) in [6, 6.07) is 0. The molecule has 0 amide bonds. The van der Waals surface area contributed by atoms with Crippen LogP contribution in [0.5, 0.6) is 0 Å². The average Bonchev–Trinajstić information content (AvgIpc) is 3.15. The van der Waals surface area contributed by atoms with Crippen LogP contribution in [0.4, 0.5) is 0 Å². The molecule has 0 aromatic carbocycles. The highest BCUT2D eigenvalue weighted by Crippen LogP contribution is 2.15. The van der Waals surface area contributed by atoms with E-state index in [1.165, 1.54) is 148 Å². The fraction of sp³-hybridized carbons (Fsp3) is 0.894. The first kappa shape index (κ1) is 51.1. The van der Waals surface area contributed by atoms with Crippen LogP contribution < -0.4 is 0 Å². The zero-order valence-corrected chi connectivity index (χ0v) is 35.6. The van der Waals surface area contributed by atoms with Gasteiger partial charge >= 0.3 is 17.9 Å². The largest absolute Gasteiger partial charge is 0.462 e. The molecule has 0 heterocycles. The topological polar surface area (TPSA) is 78.9 Å². The van der Waals surface area contributed by atoms with Gasteiger partial charge < -0.3 is 14.2 Å². The summed E-state index contributed by atoms with van der Waals surface area (Å²) in [4.78, 5) is 37.7. The molecule has 0 unspecified atom stereocenters. The molecule has 6 heteroatoms. The van der Waals surface area contributed by atoms with Crippen molar-refractivity contribution < 1.29 is 28.6 Å². The lowest BCUT2D eigenvalue weighted by atomic mass is 10.1. The first-order valence-electron chi connectivity index (χ1n) is 23.2. The Hall–Kier alpha value is -1.85. The molecule has 0 bridgehead atoms. The van der Waals surface area contributed by atoms with Crippen molar-refractivity contribution in [3.63, 3.8) is 0 Å². The Morgan fingerprint density at radius 3 is 0.943 bits per heavy atom. The Kier molecular flexibility index (Phi) is 41.4. The van der Waals surface area contributed by atoms with Gasteiger partial charge in [0.05, 0.1) is 0 Å². The molecule has 0 saturated heterocycles. The average molecular weight is 749 g/mol. The summed E-state index contributed by atoms with van der Waals surface area (Å²) in [5.74, 6) is -0.872. The zero-order chi connectivity index (χ0) is 38.7. The molecular formula is C47H88O6. The van der Waals surface area contributed by atoms with Gasteiger partial charge in [0.15, 0.2) is 6.10 Å². The van der Waals surface area contributed by atoms with Crippen LogP contribution in [0.1, 0.15) is 252 Å². The molecular weight excluding hydrogens is 661 g/mol. The lowest BCUT2D eigenvalue weighted by Crippen LogP contribution is -2.30. The van der Waals surface area contributed by atoms with Crippen molar-refractivity contribution in [2.75, 3.05) is 13.2 Å². The Balaban J connectivity index is 4.34. The van der Waals surface area contributed by atoms with Crippen LogP contribution in [0.25, 0.3) is 0 Å². The number of esters is 3. The molecule has 0 N–H and O–H groups in total. The third-order valence-electron chi connectivity index (χ3n) is 10.3. The summed E-state index contributed by atoms with van der Waals surface area (Å²) in [5, 5.41) is 0. The van der Waals surface area contributed by atoms with Crippen molar-refractivity contribution in [2.45, 2.75) is 258 Å². The highest BCUT2D eigenvalue weighted by atomic mass is 16.6. The molecule has 0 fully saturated rings. The van der Waals surface area contributed by atoms with Crippen molar-refractivity contribution in [3.05, 3.63) is 12.2 Å². The van der Waals surface area contributed by atoms with E-state index in [0.717, 1.165) is 64.2 Å². The first-order chi connectivity index (χ1) is 26.0. The number of carbonyl (C=O) groups excluding carboxylic acids is 3. The molecule has 0 aromatic heterocycles. The van der Waals surface area contributed by atoms with Gasteiger partial charge in [-0.05, 0) is 44.9 Å². The van der Waals surface area contributed by atoms with Crippen LogP contribution in [0, 0.1) is 0 Å².